The van der Waals surface area contributed by atoms with Gasteiger partial charge in [-0.05, 0) is 97.5 Å². The lowest BCUT2D eigenvalue weighted by Gasteiger charge is -2.18. The lowest BCUT2D eigenvalue weighted by molar-refractivity contribution is 0.728. The average Bonchev–Trinajstić information content (AvgIpc) is 3.41. The first-order valence-corrected chi connectivity index (χ1v) is 11.1. The fourth-order valence-corrected chi connectivity index (χ4v) is 4.79. The van der Waals surface area contributed by atoms with E-state index in [2.05, 4.69) is 39.5 Å². The van der Waals surface area contributed by atoms with Crippen LogP contribution in [0.25, 0.3) is 0 Å². The van der Waals surface area contributed by atoms with E-state index in [1.165, 1.54) is 68.2 Å². The minimum atomic E-state index is 0.543. The van der Waals surface area contributed by atoms with Gasteiger partial charge < -0.3 is 15.4 Å². The Hall–Kier alpha value is -1.39. The maximum atomic E-state index is 4.18. The Morgan fingerprint density at radius 3 is 2.42 bits per heavy atom. The molecule has 1 atom stereocenters. The zero-order chi connectivity index (χ0) is 18.4. The molecule has 1 heterocycles. The number of hydrogen-bond acceptors (Lipinski definition) is 4. The summed E-state index contributed by atoms with van der Waals surface area (Å²) in [5.74, 6) is 0.887. The van der Waals surface area contributed by atoms with Gasteiger partial charge in [-0.25, -0.2) is 0 Å². The van der Waals surface area contributed by atoms with Crippen molar-refractivity contribution in [2.45, 2.75) is 71.3 Å². The predicted molar refractivity (Wildman–Crippen MR) is 115 cm³/mol. The fourth-order valence-electron chi connectivity index (χ4n) is 4.26. The second-order valence-corrected chi connectivity index (χ2v) is 7.80. The lowest BCUT2D eigenvalue weighted by Crippen LogP contribution is -2.18. The molecule has 0 saturated carbocycles. The van der Waals surface area contributed by atoms with E-state index in [0.717, 1.165) is 12.4 Å². The molecule has 1 unspecified atom stereocenters. The number of hydrogen-bond donors (Lipinski definition) is 3. The van der Waals surface area contributed by atoms with Gasteiger partial charge in [0.25, 0.3) is 0 Å². The topological polar surface area (TPSA) is 36.1 Å². The molecule has 3 nitrogen and oxygen atoms in total. The Kier molecular flexibility index (Phi) is 7.09. The number of nitrogens with one attached hydrogen (secondary N) is 3. The summed E-state index contributed by atoms with van der Waals surface area (Å²) >= 11 is 1.60. The highest BCUT2D eigenvalue weighted by atomic mass is 32.2. The molecule has 1 saturated heterocycles. The van der Waals surface area contributed by atoms with Crippen molar-refractivity contribution in [3.8, 4) is 0 Å². The predicted octanol–water partition coefficient (Wildman–Crippen LogP) is 5.08. The smallest absolute Gasteiger partial charge is 0.106 e. The molecule has 1 fully saturated rings. The molecular formula is C22H33N3S. The molecule has 3 N–H and O–H groups in total. The molecule has 2 aliphatic carbocycles. The van der Waals surface area contributed by atoms with E-state index in [1.807, 2.05) is 13.8 Å². The number of rotatable bonds is 6. The molecule has 0 amide bonds. The number of anilines is 1. The van der Waals surface area contributed by atoms with Crippen LogP contribution in [0, 0.1) is 0 Å². The van der Waals surface area contributed by atoms with Gasteiger partial charge in [-0.15, -0.1) is 0 Å². The van der Waals surface area contributed by atoms with E-state index in [9.17, 15) is 0 Å². The van der Waals surface area contributed by atoms with Crippen molar-refractivity contribution in [3.05, 3.63) is 52.2 Å². The Bertz CT molecular complexity index is 628. The standard InChI is InChI=1S/C20H27N3S.C2H6/c1-14(23-24-12-10-17-7-4-11-21-17)22-20-18-8-2-5-15(18)13-16-6-3-9-19(16)20;1-2/h10,12-13,17,21-23H,1-9,11H2;1-2H3/b12-10+;. The van der Waals surface area contributed by atoms with E-state index in [0.29, 0.717) is 6.04 Å². The normalized spacial score (nSPS) is 20.5. The zero-order valence-electron chi connectivity index (χ0n) is 16.3. The first-order valence-electron chi connectivity index (χ1n) is 10.3. The summed E-state index contributed by atoms with van der Waals surface area (Å²) in [4.78, 5) is 0. The van der Waals surface area contributed by atoms with Crippen molar-refractivity contribution in [1.82, 2.24) is 10.0 Å². The molecule has 0 bridgehead atoms. The summed E-state index contributed by atoms with van der Waals surface area (Å²) in [5.41, 5.74) is 7.55. The van der Waals surface area contributed by atoms with Crippen LogP contribution in [0.15, 0.2) is 30.0 Å². The van der Waals surface area contributed by atoms with Crippen molar-refractivity contribution in [1.29, 1.82) is 0 Å². The molecule has 1 aliphatic heterocycles. The van der Waals surface area contributed by atoms with E-state index in [-0.39, 0.29) is 0 Å². The second kappa shape index (κ2) is 9.52. The molecule has 4 heteroatoms. The molecule has 0 spiro atoms. The van der Waals surface area contributed by atoms with Crippen LogP contribution in [-0.4, -0.2) is 12.6 Å². The van der Waals surface area contributed by atoms with Gasteiger partial charge in [0.05, 0.1) is 0 Å². The van der Waals surface area contributed by atoms with Gasteiger partial charge in [0, 0.05) is 11.7 Å². The summed E-state index contributed by atoms with van der Waals surface area (Å²) in [6.07, 6.45) is 12.3. The Morgan fingerprint density at radius 1 is 1.12 bits per heavy atom. The molecule has 0 aromatic heterocycles. The van der Waals surface area contributed by atoms with Crippen molar-refractivity contribution < 1.29 is 0 Å². The minimum absolute atomic E-state index is 0.543. The van der Waals surface area contributed by atoms with Gasteiger partial charge in [0.2, 0.25) is 0 Å². The third kappa shape index (κ3) is 4.47. The summed E-state index contributed by atoms with van der Waals surface area (Å²) in [7, 11) is 0. The van der Waals surface area contributed by atoms with Gasteiger partial charge >= 0.3 is 0 Å². The maximum Gasteiger partial charge on any atom is 0.106 e. The van der Waals surface area contributed by atoms with E-state index < -0.39 is 0 Å². The van der Waals surface area contributed by atoms with E-state index in [4.69, 9.17) is 0 Å². The molecule has 3 aliphatic rings. The van der Waals surface area contributed by atoms with Crippen LogP contribution in [0.1, 0.15) is 61.8 Å². The molecule has 26 heavy (non-hydrogen) atoms. The second-order valence-electron chi connectivity index (χ2n) is 7.09. The Morgan fingerprint density at radius 2 is 1.81 bits per heavy atom. The first kappa shape index (κ1) is 19.4. The Labute approximate surface area is 163 Å². The van der Waals surface area contributed by atoms with Crippen molar-refractivity contribution in [2.75, 3.05) is 11.9 Å². The average molecular weight is 372 g/mol. The number of fused-ring (bicyclic) bond motifs is 2. The molecule has 1 aromatic rings. The van der Waals surface area contributed by atoms with Crippen LogP contribution < -0.4 is 15.4 Å². The quantitative estimate of drug-likeness (QED) is 0.610. The molecule has 142 valence electrons. The zero-order valence-corrected chi connectivity index (χ0v) is 17.1. The third-order valence-electron chi connectivity index (χ3n) is 5.41. The molecule has 1 aromatic carbocycles. The fraction of sp³-hybridized carbons (Fsp3) is 0.545. The van der Waals surface area contributed by atoms with Crippen LogP contribution in [-0.2, 0) is 25.7 Å². The molecule has 4 rings (SSSR count). The highest BCUT2D eigenvalue weighted by Gasteiger charge is 2.24. The maximum absolute atomic E-state index is 4.18. The van der Waals surface area contributed by atoms with Crippen molar-refractivity contribution in [3.63, 3.8) is 0 Å². The SMILES string of the molecule is C=C(NS/C=C/C1CCCN1)Nc1c2c(cc3c1CCC3)CCC2.CC. The number of aryl methyl sites for hydroxylation is 2. The van der Waals surface area contributed by atoms with E-state index in [1.54, 1.807) is 23.1 Å². The first-order chi connectivity index (χ1) is 12.8. The summed E-state index contributed by atoms with van der Waals surface area (Å²) in [6.45, 7) is 9.32. The van der Waals surface area contributed by atoms with Crippen LogP contribution >= 0.6 is 11.9 Å². The summed E-state index contributed by atoms with van der Waals surface area (Å²) in [5, 5.41) is 9.20. The van der Waals surface area contributed by atoms with Crippen LogP contribution in [0.3, 0.4) is 0 Å². The highest BCUT2D eigenvalue weighted by molar-refractivity contribution is 8.00. The van der Waals surface area contributed by atoms with Crippen molar-refractivity contribution >= 4 is 17.6 Å². The van der Waals surface area contributed by atoms with Gasteiger partial charge in [0.15, 0.2) is 0 Å². The van der Waals surface area contributed by atoms with Crippen LogP contribution in [0.5, 0.6) is 0 Å². The third-order valence-corrected chi connectivity index (χ3v) is 6.07. The monoisotopic (exact) mass is 371 g/mol. The van der Waals surface area contributed by atoms with Gasteiger partial charge in [-0.3, -0.25) is 0 Å². The van der Waals surface area contributed by atoms with Crippen LogP contribution in [0.4, 0.5) is 5.69 Å². The van der Waals surface area contributed by atoms with Crippen LogP contribution in [0.2, 0.25) is 0 Å². The largest absolute Gasteiger partial charge is 0.341 e. The van der Waals surface area contributed by atoms with Crippen molar-refractivity contribution in [2.24, 2.45) is 0 Å². The lowest BCUT2D eigenvalue weighted by atomic mass is 9.99. The van der Waals surface area contributed by atoms with Gasteiger partial charge in [-0.2, -0.15) is 0 Å². The summed E-state index contributed by atoms with van der Waals surface area (Å²) in [6, 6.07) is 3.01. The molecule has 0 radical (unpaired) electrons. The minimum Gasteiger partial charge on any atom is -0.341 e. The van der Waals surface area contributed by atoms with E-state index >= 15 is 0 Å². The Balaban J connectivity index is 0.000000948. The summed E-state index contributed by atoms with van der Waals surface area (Å²) < 4.78 is 3.33. The number of benzene rings is 1. The molecular weight excluding hydrogens is 338 g/mol. The highest BCUT2D eigenvalue weighted by Crippen LogP contribution is 2.39. The van der Waals surface area contributed by atoms with Gasteiger partial charge in [-0.1, -0.05) is 32.6 Å². The van der Waals surface area contributed by atoms with Gasteiger partial charge in [0.1, 0.15) is 5.82 Å².